The van der Waals surface area contributed by atoms with Gasteiger partial charge in [-0.05, 0) is 76.1 Å². The van der Waals surface area contributed by atoms with E-state index in [0.29, 0.717) is 46.4 Å². The van der Waals surface area contributed by atoms with E-state index in [-0.39, 0.29) is 22.3 Å². The second-order valence-corrected chi connectivity index (χ2v) is 15.8. The maximum Gasteiger partial charge on any atom is 0.339 e. The van der Waals surface area contributed by atoms with Crippen molar-refractivity contribution < 1.29 is 33.7 Å². The molecule has 0 fully saturated rings. The Bertz CT molecular complexity index is 2670. The molecule has 0 spiro atoms. The number of carbonyl (C=O) groups excluding carboxylic acids is 1. The summed E-state index contributed by atoms with van der Waals surface area (Å²) in [4.78, 5) is 43.9. The summed E-state index contributed by atoms with van der Waals surface area (Å²) in [7, 11) is 1.35. The molecule has 2 heterocycles. The molecular formula is C40H22BrCl4FN2O6S2. The van der Waals surface area contributed by atoms with Gasteiger partial charge < -0.3 is 14.9 Å². The Balaban J connectivity index is 0.000000198. The number of thiazole rings is 2. The molecular weight excluding hydrogens is 909 g/mol. The van der Waals surface area contributed by atoms with E-state index in [1.807, 2.05) is 29.0 Å². The normalized spacial score (nSPS) is 10.8. The molecule has 0 amide bonds. The topological polar surface area (TPSA) is 127 Å². The number of ether oxygens (including phenoxy) is 1. The lowest BCUT2D eigenvalue weighted by atomic mass is 9.96. The van der Waals surface area contributed by atoms with Crippen LogP contribution in [0, 0.1) is 5.82 Å². The monoisotopic (exact) mass is 928 g/mol. The fourth-order valence-electron chi connectivity index (χ4n) is 5.27. The smallest absolute Gasteiger partial charge is 0.339 e. The van der Waals surface area contributed by atoms with Crippen molar-refractivity contribution in [3.63, 3.8) is 0 Å². The summed E-state index contributed by atoms with van der Waals surface area (Å²) in [5, 5.41) is 25.7. The maximum absolute atomic E-state index is 14.5. The van der Waals surface area contributed by atoms with Gasteiger partial charge >= 0.3 is 17.9 Å². The minimum absolute atomic E-state index is 0.00501. The van der Waals surface area contributed by atoms with Gasteiger partial charge in [0.1, 0.15) is 15.8 Å². The van der Waals surface area contributed by atoms with Crippen LogP contribution in [0.2, 0.25) is 20.1 Å². The summed E-state index contributed by atoms with van der Waals surface area (Å²) in [5.74, 6) is -3.74. The van der Waals surface area contributed by atoms with Gasteiger partial charge in [-0.1, -0.05) is 82.8 Å². The molecule has 7 aromatic rings. The molecule has 2 aromatic heterocycles. The molecule has 0 aliphatic carbocycles. The van der Waals surface area contributed by atoms with Crippen molar-refractivity contribution >= 4 is 103 Å². The lowest BCUT2D eigenvalue weighted by molar-refractivity contribution is 0.0598. The minimum atomic E-state index is -1.27. The Morgan fingerprint density at radius 3 is 1.61 bits per heavy atom. The minimum Gasteiger partial charge on any atom is -0.478 e. The first kappa shape index (κ1) is 41.0. The Labute approximate surface area is 354 Å². The average Bonchev–Trinajstić information content (AvgIpc) is 3.89. The van der Waals surface area contributed by atoms with E-state index in [9.17, 15) is 23.9 Å². The Morgan fingerprint density at radius 2 is 1.12 bits per heavy atom. The summed E-state index contributed by atoms with van der Waals surface area (Å²) in [6.45, 7) is 0. The Hall–Kier alpha value is -4.66. The van der Waals surface area contributed by atoms with Crippen molar-refractivity contribution in [1.29, 1.82) is 0 Å². The molecule has 7 rings (SSSR count). The zero-order chi connectivity index (χ0) is 40.3. The highest BCUT2D eigenvalue weighted by atomic mass is 79.9. The van der Waals surface area contributed by atoms with Gasteiger partial charge in [0.2, 0.25) is 0 Å². The highest BCUT2D eigenvalue weighted by molar-refractivity contribution is 9.10. The largest absolute Gasteiger partial charge is 0.478 e. The van der Waals surface area contributed by atoms with Crippen LogP contribution in [0.25, 0.3) is 54.8 Å². The molecule has 0 saturated heterocycles. The number of aromatic carboxylic acids is 2. The predicted octanol–water partition coefficient (Wildman–Crippen LogP) is 13.3. The lowest BCUT2D eigenvalue weighted by Crippen LogP contribution is -2.02. The fraction of sp³-hybridized carbons (Fsp3) is 0.0250. The first-order valence-electron chi connectivity index (χ1n) is 15.8. The number of methoxy groups -OCH3 is 1. The van der Waals surface area contributed by atoms with Crippen molar-refractivity contribution in [1.82, 2.24) is 9.97 Å². The summed E-state index contributed by atoms with van der Waals surface area (Å²) in [6, 6.07) is 23.9. The van der Waals surface area contributed by atoms with Gasteiger partial charge in [0.05, 0.1) is 55.3 Å². The van der Waals surface area contributed by atoms with Crippen LogP contribution in [-0.2, 0) is 4.74 Å². The number of esters is 1. The van der Waals surface area contributed by atoms with Crippen molar-refractivity contribution in [2.75, 3.05) is 7.11 Å². The molecule has 0 unspecified atom stereocenters. The fourth-order valence-corrected chi connectivity index (χ4v) is 7.93. The van der Waals surface area contributed by atoms with Crippen LogP contribution >= 0.6 is 85.0 Å². The number of carboxylic acids is 2. The summed E-state index contributed by atoms with van der Waals surface area (Å²) < 4.78 is 20.0. The third kappa shape index (κ3) is 9.14. The van der Waals surface area contributed by atoms with Gasteiger partial charge in [0.15, 0.2) is 0 Å². The van der Waals surface area contributed by atoms with Crippen LogP contribution < -0.4 is 0 Å². The molecule has 16 heteroatoms. The Morgan fingerprint density at radius 1 is 0.625 bits per heavy atom. The quantitative estimate of drug-likeness (QED) is 0.144. The number of rotatable bonds is 8. The number of hydrogen-bond donors (Lipinski definition) is 2. The maximum atomic E-state index is 14.5. The number of nitrogens with zero attached hydrogens (tertiary/aromatic N) is 2. The molecule has 0 aliphatic heterocycles. The zero-order valence-corrected chi connectivity index (χ0v) is 34.6. The highest BCUT2D eigenvalue weighted by Crippen LogP contribution is 2.36. The first-order valence-corrected chi connectivity index (χ1v) is 19.9. The van der Waals surface area contributed by atoms with E-state index in [2.05, 4.69) is 25.9 Å². The molecule has 0 aliphatic rings. The molecule has 2 N–H and O–H groups in total. The molecule has 8 nitrogen and oxygen atoms in total. The Kier molecular flexibility index (Phi) is 12.9. The first-order chi connectivity index (χ1) is 26.7. The molecule has 0 saturated carbocycles. The molecule has 5 aromatic carbocycles. The lowest BCUT2D eigenvalue weighted by Gasteiger charge is -2.10. The van der Waals surface area contributed by atoms with Crippen molar-refractivity contribution in [3.8, 4) is 54.8 Å². The van der Waals surface area contributed by atoms with E-state index >= 15 is 0 Å². The third-order valence-corrected chi connectivity index (χ3v) is 12.0. The van der Waals surface area contributed by atoms with Crippen LogP contribution in [0.3, 0.4) is 0 Å². The van der Waals surface area contributed by atoms with Gasteiger partial charge in [0, 0.05) is 43.1 Å². The van der Waals surface area contributed by atoms with Gasteiger partial charge in [-0.15, -0.1) is 22.7 Å². The average molecular weight is 931 g/mol. The summed E-state index contributed by atoms with van der Waals surface area (Å²) in [5.41, 5.74) is 4.73. The molecule has 0 atom stereocenters. The molecule has 0 bridgehead atoms. The van der Waals surface area contributed by atoms with Crippen LogP contribution in [0.5, 0.6) is 0 Å². The number of benzene rings is 5. The van der Waals surface area contributed by atoms with E-state index in [1.54, 1.807) is 42.5 Å². The van der Waals surface area contributed by atoms with Crippen LogP contribution in [-0.4, -0.2) is 45.2 Å². The summed E-state index contributed by atoms with van der Waals surface area (Å²) >= 11 is 30.2. The number of carbonyl (C=O) groups is 3. The van der Waals surface area contributed by atoms with E-state index < -0.39 is 23.7 Å². The van der Waals surface area contributed by atoms with Crippen molar-refractivity contribution in [3.05, 3.63) is 149 Å². The number of aromatic nitrogens is 2. The van der Waals surface area contributed by atoms with Crippen LogP contribution in [0.4, 0.5) is 4.39 Å². The SMILES string of the molecule is COC(=O)c1cc(-c2nc(-c3ccc(Cl)c(Cl)c3)cs2)ccc1Br.O=C(O)c1ccc(-c2ccc(-c3nc(-c4ccc(Cl)c(Cl)c4)cs3)cc2C(=O)O)c(F)c1. The number of hydrogen-bond acceptors (Lipinski definition) is 8. The highest BCUT2D eigenvalue weighted by Gasteiger charge is 2.19. The van der Waals surface area contributed by atoms with Gasteiger partial charge in [-0.25, -0.2) is 28.7 Å². The van der Waals surface area contributed by atoms with E-state index in [1.165, 1.54) is 54.0 Å². The van der Waals surface area contributed by atoms with E-state index in [4.69, 9.17) is 56.2 Å². The number of carboxylic acid groups (broad SMARTS) is 2. The van der Waals surface area contributed by atoms with Crippen LogP contribution in [0.15, 0.2) is 106 Å². The third-order valence-electron chi connectivity index (χ3n) is 8.06. The van der Waals surface area contributed by atoms with Crippen molar-refractivity contribution in [2.45, 2.75) is 0 Å². The molecule has 282 valence electrons. The second-order valence-electron chi connectivity index (χ2n) is 11.6. The van der Waals surface area contributed by atoms with Gasteiger partial charge in [0.25, 0.3) is 0 Å². The summed E-state index contributed by atoms with van der Waals surface area (Å²) in [6.07, 6.45) is 0. The number of halogens is 6. The van der Waals surface area contributed by atoms with E-state index in [0.717, 1.165) is 33.5 Å². The molecule has 0 radical (unpaired) electrons. The standard InChI is InChI=1S/C23H12Cl2FNO4S.C17H10BrCl2NO2S/c24-17-6-3-11(8-18(17)25)20-10-32-21(27-20)12-1-4-14(16(7-12)23(30)31)15-5-2-13(22(28)29)9-19(15)26;1-23-17(22)11-6-10(2-4-12(11)18)16-21-15(8-24-16)9-3-5-13(19)14(20)7-9/h1-10H,(H,28,29)(H,30,31);2-8H,1H3. The zero-order valence-electron chi connectivity index (χ0n) is 28.3. The van der Waals surface area contributed by atoms with Gasteiger partial charge in [-0.2, -0.15) is 0 Å². The predicted molar refractivity (Wildman–Crippen MR) is 224 cm³/mol. The van der Waals surface area contributed by atoms with Gasteiger partial charge in [-0.3, -0.25) is 0 Å². The second kappa shape index (κ2) is 17.6. The molecule has 56 heavy (non-hydrogen) atoms. The van der Waals surface area contributed by atoms with Crippen molar-refractivity contribution in [2.24, 2.45) is 0 Å². The van der Waals surface area contributed by atoms with Crippen LogP contribution in [0.1, 0.15) is 31.1 Å².